The van der Waals surface area contributed by atoms with Crippen molar-refractivity contribution in [1.82, 2.24) is 0 Å². The summed E-state index contributed by atoms with van der Waals surface area (Å²) in [5, 5.41) is 3.32. The van der Waals surface area contributed by atoms with E-state index in [4.69, 9.17) is 4.99 Å². The number of hydrogen-bond donors (Lipinski definition) is 0. The predicted octanol–water partition coefficient (Wildman–Crippen LogP) is 4.51. The fourth-order valence-corrected chi connectivity index (χ4v) is 4.01. The van der Waals surface area contributed by atoms with Crippen LogP contribution in [0.5, 0.6) is 0 Å². The number of nitrogens with zero attached hydrogens (tertiary/aromatic N) is 1. The first-order valence-electron chi connectivity index (χ1n) is 7.03. The number of benzene rings is 2. The molecule has 0 spiro atoms. The van der Waals surface area contributed by atoms with E-state index < -0.39 is 0 Å². The molecule has 1 aromatic heterocycles. The maximum absolute atomic E-state index is 12.4. The third kappa shape index (κ3) is 1.64. The van der Waals surface area contributed by atoms with Crippen molar-refractivity contribution in [3.8, 4) is 0 Å². The Hall–Kier alpha value is -2.26. The van der Waals surface area contributed by atoms with Gasteiger partial charge >= 0.3 is 0 Å². The molecule has 2 aromatic carbocycles. The molecule has 0 fully saturated rings. The summed E-state index contributed by atoms with van der Waals surface area (Å²) in [5.41, 5.74) is 6.32. The van der Waals surface area contributed by atoms with Gasteiger partial charge in [-0.05, 0) is 35.7 Å². The molecular formula is C18H11NOS. The van der Waals surface area contributed by atoms with Gasteiger partial charge in [0, 0.05) is 26.6 Å². The van der Waals surface area contributed by atoms with Crippen molar-refractivity contribution < 1.29 is 4.79 Å². The number of rotatable bonds is 1. The van der Waals surface area contributed by atoms with Gasteiger partial charge < -0.3 is 0 Å². The minimum absolute atomic E-state index is 0.194. The van der Waals surface area contributed by atoms with Crippen LogP contribution in [0, 0.1) is 0 Å². The van der Waals surface area contributed by atoms with Crippen LogP contribution in [0.3, 0.4) is 0 Å². The van der Waals surface area contributed by atoms with E-state index in [1.54, 1.807) is 11.3 Å². The predicted molar refractivity (Wildman–Crippen MR) is 86.2 cm³/mol. The van der Waals surface area contributed by atoms with Gasteiger partial charge in [-0.3, -0.25) is 9.79 Å². The summed E-state index contributed by atoms with van der Waals surface area (Å²) in [6, 6.07) is 12.4. The molecular weight excluding hydrogens is 278 g/mol. The van der Waals surface area contributed by atoms with Gasteiger partial charge in [-0.15, -0.1) is 11.3 Å². The van der Waals surface area contributed by atoms with E-state index in [1.165, 1.54) is 21.2 Å². The van der Waals surface area contributed by atoms with Crippen LogP contribution in [-0.2, 0) is 6.42 Å². The van der Waals surface area contributed by atoms with Crippen molar-refractivity contribution in [2.75, 3.05) is 0 Å². The molecule has 1 aliphatic carbocycles. The van der Waals surface area contributed by atoms with E-state index in [2.05, 4.69) is 23.6 Å². The normalized spacial score (nSPS) is 15.6. The number of carbonyl (C=O) groups excluding carboxylic acids is 1. The van der Waals surface area contributed by atoms with Crippen LogP contribution in [0.2, 0.25) is 0 Å². The van der Waals surface area contributed by atoms with Gasteiger partial charge in [0.25, 0.3) is 0 Å². The molecule has 2 nitrogen and oxygen atoms in total. The third-order valence-corrected chi connectivity index (χ3v) is 5.21. The molecule has 5 rings (SSSR count). The van der Waals surface area contributed by atoms with Crippen LogP contribution >= 0.6 is 11.3 Å². The summed E-state index contributed by atoms with van der Waals surface area (Å²) in [6.07, 6.45) is 1.43. The average molecular weight is 289 g/mol. The Morgan fingerprint density at radius 3 is 2.81 bits per heavy atom. The number of Topliss-reactive ketones (excluding diaryl/α,β-unsaturated/α-hetero) is 1. The highest BCUT2D eigenvalue weighted by molar-refractivity contribution is 7.17. The zero-order valence-corrected chi connectivity index (χ0v) is 12.0. The lowest BCUT2D eigenvalue weighted by molar-refractivity contribution is 0.1000. The van der Waals surface area contributed by atoms with E-state index in [-0.39, 0.29) is 5.78 Å². The lowest BCUT2D eigenvalue weighted by atomic mass is 9.96. The van der Waals surface area contributed by atoms with Crippen LogP contribution in [0.4, 0.5) is 5.69 Å². The molecule has 0 atom stereocenters. The van der Waals surface area contributed by atoms with Gasteiger partial charge in [0.2, 0.25) is 0 Å². The van der Waals surface area contributed by atoms with Crippen molar-refractivity contribution in [3.05, 3.63) is 64.0 Å². The largest absolute Gasteiger partial charge is 0.294 e. The summed E-state index contributed by atoms with van der Waals surface area (Å²) in [7, 11) is 0. The second-order valence-corrected chi connectivity index (χ2v) is 6.53. The molecule has 0 saturated carbocycles. The van der Waals surface area contributed by atoms with E-state index in [0.29, 0.717) is 6.42 Å². The quantitative estimate of drug-likeness (QED) is 0.507. The van der Waals surface area contributed by atoms with E-state index in [1.807, 2.05) is 18.2 Å². The first kappa shape index (κ1) is 11.4. The van der Waals surface area contributed by atoms with Gasteiger partial charge in [0.15, 0.2) is 5.78 Å². The maximum atomic E-state index is 12.4. The van der Waals surface area contributed by atoms with Crippen molar-refractivity contribution in [2.45, 2.75) is 12.8 Å². The molecule has 2 heterocycles. The van der Waals surface area contributed by atoms with E-state index in [9.17, 15) is 4.79 Å². The minimum Gasteiger partial charge on any atom is -0.294 e. The molecule has 21 heavy (non-hydrogen) atoms. The molecule has 0 unspecified atom stereocenters. The van der Waals surface area contributed by atoms with Crippen LogP contribution in [0.1, 0.15) is 33.5 Å². The van der Waals surface area contributed by atoms with Crippen LogP contribution in [0.25, 0.3) is 10.1 Å². The van der Waals surface area contributed by atoms with E-state index in [0.717, 1.165) is 28.9 Å². The first-order valence-corrected chi connectivity index (χ1v) is 7.91. The molecule has 3 aromatic rings. The first-order chi connectivity index (χ1) is 10.3. The highest BCUT2D eigenvalue weighted by Gasteiger charge is 2.27. The Morgan fingerprint density at radius 1 is 1.00 bits per heavy atom. The number of ketones is 1. The molecule has 0 N–H and O–H groups in total. The molecule has 2 aliphatic rings. The Kier molecular flexibility index (Phi) is 2.11. The number of hydrogen-bond acceptors (Lipinski definition) is 3. The Morgan fingerprint density at radius 2 is 1.86 bits per heavy atom. The molecule has 0 bridgehead atoms. The summed E-state index contributed by atoms with van der Waals surface area (Å²) in [4.78, 5) is 17.2. The Labute approximate surface area is 125 Å². The second kappa shape index (κ2) is 3.89. The molecule has 3 heteroatoms. The number of fused-ring (bicyclic) bond motifs is 3. The van der Waals surface area contributed by atoms with Gasteiger partial charge in [-0.1, -0.05) is 18.2 Å². The van der Waals surface area contributed by atoms with Gasteiger partial charge in [0.1, 0.15) is 0 Å². The molecule has 100 valence electrons. The number of carbonyl (C=O) groups is 1. The van der Waals surface area contributed by atoms with Gasteiger partial charge in [0.05, 0.1) is 17.8 Å². The van der Waals surface area contributed by atoms with Crippen molar-refractivity contribution in [3.63, 3.8) is 0 Å². The zero-order valence-electron chi connectivity index (χ0n) is 11.2. The topological polar surface area (TPSA) is 29.4 Å². The summed E-state index contributed by atoms with van der Waals surface area (Å²) in [6.45, 7) is 0. The molecule has 1 aliphatic heterocycles. The van der Waals surface area contributed by atoms with Crippen LogP contribution in [-0.4, -0.2) is 11.5 Å². The fraction of sp³-hybridized carbons (Fsp3) is 0.111. The van der Waals surface area contributed by atoms with Crippen molar-refractivity contribution >= 4 is 38.6 Å². The smallest absolute Gasteiger partial charge is 0.171 e. The summed E-state index contributed by atoms with van der Waals surface area (Å²) in [5.74, 6) is 0.194. The van der Waals surface area contributed by atoms with Crippen molar-refractivity contribution in [1.29, 1.82) is 0 Å². The average Bonchev–Trinajstić information content (AvgIpc) is 3.12. The monoisotopic (exact) mass is 289 g/mol. The lowest BCUT2D eigenvalue weighted by Crippen LogP contribution is -2.13. The van der Waals surface area contributed by atoms with Gasteiger partial charge in [-0.2, -0.15) is 0 Å². The van der Waals surface area contributed by atoms with Gasteiger partial charge in [-0.25, -0.2) is 0 Å². The molecule has 0 saturated heterocycles. The second-order valence-electron chi connectivity index (χ2n) is 5.62. The Balaban J connectivity index is 1.72. The summed E-state index contributed by atoms with van der Waals surface area (Å²) >= 11 is 1.71. The molecule has 0 amide bonds. The zero-order chi connectivity index (χ0) is 14.0. The highest BCUT2D eigenvalue weighted by Crippen LogP contribution is 2.39. The van der Waals surface area contributed by atoms with Crippen LogP contribution in [0.15, 0.2) is 46.8 Å². The lowest BCUT2D eigenvalue weighted by Gasteiger charge is -2.13. The van der Waals surface area contributed by atoms with Crippen LogP contribution < -0.4 is 0 Å². The SMILES string of the molecule is O=C1CC(c2csc3ccccc23)=Nc2cc3c(cc21)C3. The van der Waals surface area contributed by atoms with Crippen molar-refractivity contribution in [2.24, 2.45) is 4.99 Å². The fourth-order valence-electron chi connectivity index (χ4n) is 3.04. The summed E-state index contributed by atoms with van der Waals surface area (Å²) < 4.78 is 1.24. The molecule has 0 radical (unpaired) electrons. The number of thiophene rings is 1. The highest BCUT2D eigenvalue weighted by atomic mass is 32.1. The number of aliphatic imine (C=N–C) groups is 1. The maximum Gasteiger partial charge on any atom is 0.171 e. The minimum atomic E-state index is 0.194. The third-order valence-electron chi connectivity index (χ3n) is 4.25. The standard InChI is InChI=1S/C18H11NOS/c20-17-8-16(14-9-21-18-4-2-1-3-12(14)18)19-15-7-11-5-10(11)6-13(15)17/h1-4,6-7,9H,5,8H2. The van der Waals surface area contributed by atoms with E-state index >= 15 is 0 Å². The Bertz CT molecular complexity index is 965.